The van der Waals surface area contributed by atoms with Gasteiger partial charge in [0, 0.05) is 0 Å². The van der Waals surface area contributed by atoms with Crippen LogP contribution in [-0.2, 0) is 0 Å². The van der Waals surface area contributed by atoms with Crippen LogP contribution < -0.4 is 0 Å². The van der Waals surface area contributed by atoms with E-state index in [1.807, 2.05) is 13.0 Å². The Hall–Kier alpha value is -1.06. The molecule has 0 aromatic rings. The van der Waals surface area contributed by atoms with E-state index in [0.29, 0.717) is 6.54 Å². The van der Waals surface area contributed by atoms with Crippen molar-refractivity contribution in [2.24, 2.45) is 0 Å². The molecule has 0 radical (unpaired) electrons. The summed E-state index contributed by atoms with van der Waals surface area (Å²) >= 11 is 0. The van der Waals surface area contributed by atoms with E-state index in [1.54, 1.807) is 11.8 Å². The van der Waals surface area contributed by atoms with E-state index in [2.05, 4.69) is 6.07 Å². The molecule has 0 amide bonds. The van der Waals surface area contributed by atoms with Crippen LogP contribution in [0.2, 0.25) is 0 Å². The lowest BCUT2D eigenvalue weighted by Crippen LogP contribution is -2.31. The van der Waals surface area contributed by atoms with Crippen molar-refractivity contribution in [3.8, 4) is 12.1 Å². The van der Waals surface area contributed by atoms with Crippen molar-refractivity contribution >= 4 is 0 Å². The van der Waals surface area contributed by atoms with E-state index in [1.165, 1.54) is 0 Å². The molecule has 0 aromatic heterocycles. The molecule has 54 valence electrons. The molecular weight excluding hydrogens is 126 g/mol. The zero-order chi connectivity index (χ0) is 7.98. The highest BCUT2D eigenvalue weighted by Crippen LogP contribution is 1.94. The van der Waals surface area contributed by atoms with Crippen molar-refractivity contribution in [3.05, 3.63) is 0 Å². The first-order valence-electron chi connectivity index (χ1n) is 3.26. The lowest BCUT2D eigenvalue weighted by atomic mass is 10.3. The van der Waals surface area contributed by atoms with Crippen molar-refractivity contribution in [1.82, 2.24) is 4.90 Å². The van der Waals surface area contributed by atoms with Gasteiger partial charge >= 0.3 is 0 Å². The summed E-state index contributed by atoms with van der Waals surface area (Å²) in [4.78, 5) is 1.81. The van der Waals surface area contributed by atoms with Crippen LogP contribution in [0.4, 0.5) is 0 Å². The van der Waals surface area contributed by atoms with E-state index in [9.17, 15) is 0 Å². The minimum atomic E-state index is -0.148. The van der Waals surface area contributed by atoms with Gasteiger partial charge in [0.15, 0.2) is 0 Å². The van der Waals surface area contributed by atoms with E-state index in [0.717, 1.165) is 6.54 Å². The van der Waals surface area contributed by atoms with Gasteiger partial charge in [0.25, 0.3) is 0 Å². The summed E-state index contributed by atoms with van der Waals surface area (Å²) in [6.45, 7) is 4.82. The van der Waals surface area contributed by atoms with Gasteiger partial charge in [-0.15, -0.1) is 0 Å². The second kappa shape index (κ2) is 4.78. The highest BCUT2D eigenvalue weighted by molar-refractivity contribution is 4.91. The topological polar surface area (TPSA) is 50.8 Å². The van der Waals surface area contributed by atoms with Crippen LogP contribution >= 0.6 is 0 Å². The quantitative estimate of drug-likeness (QED) is 0.539. The van der Waals surface area contributed by atoms with E-state index < -0.39 is 0 Å². The molecule has 0 saturated carbocycles. The van der Waals surface area contributed by atoms with E-state index >= 15 is 0 Å². The van der Waals surface area contributed by atoms with Crippen LogP contribution in [0.1, 0.15) is 13.8 Å². The molecule has 1 atom stereocenters. The molecule has 0 N–H and O–H groups in total. The van der Waals surface area contributed by atoms with Gasteiger partial charge in [0.2, 0.25) is 0 Å². The number of hydrogen-bond acceptors (Lipinski definition) is 3. The molecule has 0 bridgehead atoms. The van der Waals surface area contributed by atoms with Crippen molar-refractivity contribution < 1.29 is 0 Å². The standard InChI is InChI=1S/C7H11N3/c1-3-10(5-4-8)7(2)6-9/h7H,3,5H2,1-2H3. The highest BCUT2D eigenvalue weighted by Gasteiger charge is 2.08. The number of nitrogens with zero attached hydrogens (tertiary/aromatic N) is 3. The van der Waals surface area contributed by atoms with E-state index in [4.69, 9.17) is 10.5 Å². The molecule has 0 aliphatic carbocycles. The Morgan fingerprint density at radius 3 is 2.40 bits per heavy atom. The number of hydrogen-bond donors (Lipinski definition) is 0. The Morgan fingerprint density at radius 2 is 2.10 bits per heavy atom. The Bertz CT molecular complexity index is 163. The average molecular weight is 137 g/mol. The predicted octanol–water partition coefficient (Wildman–Crippen LogP) is 0.744. The maximum absolute atomic E-state index is 8.46. The summed E-state index contributed by atoms with van der Waals surface area (Å²) in [5, 5.41) is 16.8. The average Bonchev–Trinajstić information content (AvgIpc) is 1.99. The fourth-order valence-electron chi connectivity index (χ4n) is 0.695. The van der Waals surface area contributed by atoms with E-state index in [-0.39, 0.29) is 6.04 Å². The zero-order valence-electron chi connectivity index (χ0n) is 6.33. The number of nitriles is 2. The fraction of sp³-hybridized carbons (Fsp3) is 0.714. The maximum Gasteiger partial charge on any atom is 0.0957 e. The van der Waals surface area contributed by atoms with Gasteiger partial charge in [-0.3, -0.25) is 4.90 Å². The normalized spacial score (nSPS) is 12.1. The van der Waals surface area contributed by atoms with Crippen LogP contribution in [0.15, 0.2) is 0 Å². The molecule has 0 aromatic carbocycles. The van der Waals surface area contributed by atoms with Crippen molar-refractivity contribution in [3.63, 3.8) is 0 Å². The molecule has 1 unspecified atom stereocenters. The van der Waals surface area contributed by atoms with Gasteiger partial charge in [-0.25, -0.2) is 0 Å². The lowest BCUT2D eigenvalue weighted by molar-refractivity contribution is 0.291. The first-order valence-corrected chi connectivity index (χ1v) is 3.26. The SMILES string of the molecule is CCN(CC#N)C(C)C#N. The molecule has 3 nitrogen and oxygen atoms in total. The molecule has 0 fully saturated rings. The summed E-state index contributed by atoms with van der Waals surface area (Å²) in [7, 11) is 0. The fourth-order valence-corrected chi connectivity index (χ4v) is 0.695. The summed E-state index contributed by atoms with van der Waals surface area (Å²) < 4.78 is 0. The molecule has 0 spiro atoms. The van der Waals surface area contributed by atoms with Crippen molar-refractivity contribution in [1.29, 1.82) is 10.5 Å². The summed E-state index contributed by atoms with van der Waals surface area (Å²) in [6, 6.07) is 3.94. The first kappa shape index (κ1) is 8.94. The molecule has 3 heteroatoms. The van der Waals surface area contributed by atoms with Gasteiger partial charge in [-0.1, -0.05) is 6.92 Å². The molecular formula is C7H11N3. The minimum Gasteiger partial charge on any atom is -0.275 e. The van der Waals surface area contributed by atoms with Gasteiger partial charge in [0.1, 0.15) is 0 Å². The Balaban J connectivity index is 3.85. The van der Waals surface area contributed by atoms with Gasteiger partial charge < -0.3 is 0 Å². The largest absolute Gasteiger partial charge is 0.275 e. The Kier molecular flexibility index (Phi) is 4.28. The van der Waals surface area contributed by atoms with Crippen LogP contribution in [0.3, 0.4) is 0 Å². The summed E-state index contributed by atoms with van der Waals surface area (Å²) in [5.74, 6) is 0. The third-order valence-corrected chi connectivity index (χ3v) is 1.41. The van der Waals surface area contributed by atoms with Crippen molar-refractivity contribution in [2.45, 2.75) is 19.9 Å². The molecule has 10 heavy (non-hydrogen) atoms. The number of rotatable bonds is 3. The van der Waals surface area contributed by atoms with Gasteiger partial charge in [-0.2, -0.15) is 10.5 Å². The van der Waals surface area contributed by atoms with Gasteiger partial charge in [0.05, 0.1) is 24.7 Å². The molecule has 0 saturated heterocycles. The second-order valence-electron chi connectivity index (χ2n) is 2.03. The molecule has 0 aliphatic rings. The van der Waals surface area contributed by atoms with Crippen LogP contribution in [-0.4, -0.2) is 24.0 Å². The first-order chi connectivity index (χ1) is 4.76. The van der Waals surface area contributed by atoms with Crippen LogP contribution in [0.5, 0.6) is 0 Å². The molecule has 0 heterocycles. The Morgan fingerprint density at radius 1 is 1.50 bits per heavy atom. The maximum atomic E-state index is 8.46. The monoisotopic (exact) mass is 137 g/mol. The highest BCUT2D eigenvalue weighted by atomic mass is 15.1. The zero-order valence-corrected chi connectivity index (χ0v) is 6.33. The Labute approximate surface area is 61.5 Å². The third kappa shape index (κ3) is 2.48. The van der Waals surface area contributed by atoms with Crippen LogP contribution in [0, 0.1) is 22.7 Å². The third-order valence-electron chi connectivity index (χ3n) is 1.41. The molecule has 0 rings (SSSR count). The smallest absolute Gasteiger partial charge is 0.0957 e. The second-order valence-corrected chi connectivity index (χ2v) is 2.03. The summed E-state index contributed by atoms with van der Waals surface area (Å²) in [5.41, 5.74) is 0. The van der Waals surface area contributed by atoms with Crippen LogP contribution in [0.25, 0.3) is 0 Å². The van der Waals surface area contributed by atoms with Gasteiger partial charge in [-0.05, 0) is 13.5 Å². The predicted molar refractivity (Wildman–Crippen MR) is 37.9 cm³/mol. The lowest BCUT2D eigenvalue weighted by Gasteiger charge is -2.18. The molecule has 0 aliphatic heterocycles. The summed E-state index contributed by atoms with van der Waals surface area (Å²) in [6.07, 6.45) is 0. The van der Waals surface area contributed by atoms with Crippen molar-refractivity contribution in [2.75, 3.05) is 13.1 Å². The minimum absolute atomic E-state index is 0.148.